The maximum Gasteiger partial charge on any atom is 0.321 e. The summed E-state index contributed by atoms with van der Waals surface area (Å²) >= 11 is 4.10. The van der Waals surface area contributed by atoms with E-state index in [0.29, 0.717) is 153 Å². The fourth-order valence-electron chi connectivity index (χ4n) is 13.2. The van der Waals surface area contributed by atoms with Gasteiger partial charge in [0.1, 0.15) is 29.5 Å². The molecule has 0 saturated carbocycles. The van der Waals surface area contributed by atoms with Gasteiger partial charge < -0.3 is 56.0 Å². The van der Waals surface area contributed by atoms with E-state index < -0.39 is 34.7 Å². The average molecular weight is 1600 g/mol. The number of aromatic nitrogens is 13. The summed E-state index contributed by atoms with van der Waals surface area (Å²) in [6, 6.07) is 22.4. The molecule has 3 aliphatic rings. The minimum atomic E-state index is -1.16. The fourth-order valence-corrected chi connectivity index (χ4v) is 16.1. The van der Waals surface area contributed by atoms with Crippen molar-refractivity contribution in [2.24, 2.45) is 11.3 Å². The second-order valence-corrected chi connectivity index (χ2v) is 31.3. The number of amides is 6. The molecule has 11 N–H and O–H groups in total. The highest BCUT2D eigenvalue weighted by molar-refractivity contribution is 7.23. The Morgan fingerprint density at radius 1 is 0.553 bits per heavy atom. The summed E-state index contributed by atoms with van der Waals surface area (Å²) in [5.74, 6) is -0.0578. The highest BCUT2D eigenvalue weighted by Gasteiger charge is 2.38. The summed E-state index contributed by atoms with van der Waals surface area (Å²) in [6.45, 7) is 17.1. The summed E-state index contributed by atoms with van der Waals surface area (Å²) in [4.78, 5) is 122. The lowest BCUT2D eigenvalue weighted by atomic mass is 9.80. The van der Waals surface area contributed by atoms with Crippen LogP contribution < -0.4 is 41.7 Å². The predicted octanol–water partition coefficient (Wildman–Crippen LogP) is 12.5. The van der Waals surface area contributed by atoms with E-state index in [1.807, 2.05) is 93.6 Å². The maximum absolute atomic E-state index is 12.2. The number of fused-ring (bicyclic) bond motifs is 3. The van der Waals surface area contributed by atoms with Crippen molar-refractivity contribution in [2.75, 3.05) is 84.8 Å². The van der Waals surface area contributed by atoms with E-state index in [1.54, 1.807) is 77.3 Å². The largest absolute Gasteiger partial charge is 0.481 e. The average Bonchev–Trinajstić information content (AvgIpc) is 1.64. The number of hydrogen-bond acceptors (Lipinski definition) is 27. The van der Waals surface area contributed by atoms with Gasteiger partial charge in [-0.3, -0.25) is 35.5 Å². The fraction of sp³-hybridized carbons (Fsp3) is 0.342. The Balaban J connectivity index is 0.000000150. The van der Waals surface area contributed by atoms with E-state index in [9.17, 15) is 49.5 Å². The minimum absolute atomic E-state index is 0.295. The Hall–Kier alpha value is -11.9. The zero-order chi connectivity index (χ0) is 80.4. The van der Waals surface area contributed by atoms with E-state index in [-0.39, 0.29) is 24.0 Å². The van der Waals surface area contributed by atoms with Gasteiger partial charge in [-0.1, -0.05) is 40.1 Å². The van der Waals surface area contributed by atoms with Crippen molar-refractivity contribution in [3.63, 3.8) is 0 Å². The van der Waals surface area contributed by atoms with Gasteiger partial charge in [0.05, 0.1) is 59.1 Å². The third-order valence-electron chi connectivity index (χ3n) is 19.6. The van der Waals surface area contributed by atoms with Crippen LogP contribution in [0.15, 0.2) is 129 Å². The monoisotopic (exact) mass is 1600 g/mol. The number of thiazole rings is 3. The Bertz CT molecular complexity index is 5450. The van der Waals surface area contributed by atoms with Crippen LogP contribution in [0, 0.1) is 11.3 Å². The summed E-state index contributed by atoms with van der Waals surface area (Å²) in [7, 11) is 0. The molecule has 3 aliphatic heterocycles. The van der Waals surface area contributed by atoms with Crippen LogP contribution in [-0.4, -0.2) is 179 Å². The van der Waals surface area contributed by atoms with Crippen LogP contribution in [0.2, 0.25) is 0 Å². The number of carbonyl (C=O) groups is 5. The van der Waals surface area contributed by atoms with Crippen molar-refractivity contribution in [3.8, 4) is 67.2 Å². The van der Waals surface area contributed by atoms with Gasteiger partial charge in [-0.05, 0) is 152 Å². The molecule has 12 aromatic rings. The van der Waals surface area contributed by atoms with Crippen LogP contribution in [0.25, 0.3) is 97.8 Å². The van der Waals surface area contributed by atoms with Crippen LogP contribution in [0.1, 0.15) is 111 Å². The normalized spacial score (nSPS) is 15.0. The van der Waals surface area contributed by atoms with Gasteiger partial charge in [0.2, 0.25) is 0 Å². The molecule has 3 fully saturated rings. The molecule has 9 aromatic heterocycles. The number of hydrogen-bond donors (Lipinski definition) is 11. The molecule has 6 amide bonds. The lowest BCUT2D eigenvalue weighted by molar-refractivity contribution is -0.149. The topological polar surface area (TPSA) is 442 Å². The highest BCUT2D eigenvalue weighted by atomic mass is 32.1. The standard InChI is InChI=1S/C28H31N7O4S.C27H30N8O4S.C24H24N6O3S/c1-4-29-26(38)34-27-33-22-12-17(18-14-31-25(32-15-18)28(2,3)39)11-20(23(22)40-27)21-13-19(5-8-30-21)35-9-6-16(7-10-35)24(36)37;1-4-28-25(39)34-26-33-20-10-16(17-12-29-23(15(2)36)30-13-17)9-18(22(20)40-26)19-11-21(32-14-31-19)35-7-5-27(3,6-8-35)24(37)38;1-2-25-22(31)30-23-29-19-12-15(11-17(20(19)34-23)18-5-3-4-8-26-18)16-13-27-21(28-14-16)24(32)6-9-33-10-7-24/h5,8,11-16,39H,4,6-7,9-10H2,1-3H3,(H,36,37)(H2,29,33,34,38);9-15,36H,4-8H2,1-3H3,(H,37,38)(H2,28,33,34,39);3-5,8,11-14,32H,2,6-7,9-10H2,1H3,(H2,25,29,30,31). The number of aliphatic hydroxyl groups excluding tert-OH is 1. The predicted molar refractivity (Wildman–Crippen MR) is 437 cm³/mol. The second-order valence-electron chi connectivity index (χ2n) is 28.3. The molecule has 35 heteroatoms. The Morgan fingerprint density at radius 2 is 1.02 bits per heavy atom. The van der Waals surface area contributed by atoms with Crippen LogP contribution in [0.3, 0.4) is 0 Å². The summed E-state index contributed by atoms with van der Waals surface area (Å²) in [5, 5.41) is 67.8. The molecule has 12 heterocycles. The molecule has 0 radical (unpaired) electrons. The zero-order valence-corrected chi connectivity index (χ0v) is 66.0. The van der Waals surface area contributed by atoms with E-state index in [0.717, 1.165) is 86.8 Å². The molecule has 1 atom stereocenters. The number of piperidine rings is 2. The Morgan fingerprint density at radius 3 is 1.46 bits per heavy atom. The van der Waals surface area contributed by atoms with E-state index in [1.165, 1.54) is 40.3 Å². The number of pyridine rings is 2. The molecule has 0 aliphatic carbocycles. The number of nitrogens with one attached hydrogen (secondary N) is 6. The van der Waals surface area contributed by atoms with Crippen molar-refractivity contribution in [3.05, 3.63) is 146 Å². The number of aliphatic carboxylic acids is 2. The molecule has 15 rings (SSSR count). The van der Waals surface area contributed by atoms with Gasteiger partial charge in [-0.25, -0.2) is 69.2 Å². The molecule has 0 spiro atoms. The number of anilines is 5. The highest BCUT2D eigenvalue weighted by Crippen LogP contribution is 2.44. The number of nitrogens with zero attached hydrogens (tertiary/aromatic N) is 15. The zero-order valence-electron chi connectivity index (χ0n) is 63.5. The first-order valence-corrected chi connectivity index (χ1v) is 39.6. The molecule has 0 bridgehead atoms. The van der Waals surface area contributed by atoms with Crippen LogP contribution in [0.4, 0.5) is 41.3 Å². The Kier molecular flexibility index (Phi) is 24.6. The van der Waals surface area contributed by atoms with E-state index in [4.69, 9.17) is 4.74 Å². The van der Waals surface area contributed by atoms with Gasteiger partial charge in [0.25, 0.3) is 0 Å². The molecule has 3 saturated heterocycles. The van der Waals surface area contributed by atoms with Crippen molar-refractivity contribution in [1.82, 2.24) is 80.7 Å². The molecular weight excluding hydrogens is 1520 g/mol. The van der Waals surface area contributed by atoms with Crippen molar-refractivity contribution < 1.29 is 54.2 Å². The number of carbonyl (C=O) groups excluding carboxylic acids is 3. The van der Waals surface area contributed by atoms with Crippen LogP contribution in [-0.2, 0) is 25.5 Å². The van der Waals surface area contributed by atoms with E-state index in [2.05, 4.69) is 106 Å². The van der Waals surface area contributed by atoms with Crippen LogP contribution >= 0.6 is 34.0 Å². The number of rotatable bonds is 19. The minimum Gasteiger partial charge on any atom is -0.481 e. The summed E-state index contributed by atoms with van der Waals surface area (Å²) < 4.78 is 7.97. The SMILES string of the molecule is CCNC(=O)Nc1nc2cc(-c3cnc(C(C)(C)O)nc3)cc(-c3cc(N4CCC(C(=O)O)CC4)ccn3)c2s1.CCNC(=O)Nc1nc2cc(-c3cnc(C(C)O)nc3)cc(-c3cc(N4CCC(C)(C(=O)O)CC4)ncn3)c2s1.CCNC(=O)Nc1nc2cc(-c3cnc(C4(O)CCOCC4)nc3)cc(-c3ccccn3)c2s1. The van der Waals surface area contributed by atoms with Gasteiger partial charge in [-0.2, -0.15) is 0 Å². The van der Waals surface area contributed by atoms with Crippen molar-refractivity contribution >= 4 is 122 Å². The van der Waals surface area contributed by atoms with Crippen LogP contribution in [0.5, 0.6) is 0 Å². The maximum atomic E-state index is 12.2. The first-order chi connectivity index (χ1) is 54.8. The number of ether oxygens (including phenoxy) is 1. The lowest BCUT2D eigenvalue weighted by Gasteiger charge is -2.37. The van der Waals surface area contributed by atoms with E-state index >= 15 is 0 Å². The number of aliphatic hydroxyl groups is 3. The van der Waals surface area contributed by atoms with Crippen molar-refractivity contribution in [2.45, 2.75) is 104 Å². The smallest absolute Gasteiger partial charge is 0.321 e. The molecule has 1 unspecified atom stereocenters. The van der Waals surface area contributed by atoms with Gasteiger partial charge in [0, 0.05) is 167 Å². The van der Waals surface area contributed by atoms with Gasteiger partial charge >= 0.3 is 30.0 Å². The third-order valence-corrected chi connectivity index (χ3v) is 22.6. The Labute approximate surface area is 666 Å². The quantitative estimate of drug-likeness (QED) is 0.0358. The number of urea groups is 3. The summed E-state index contributed by atoms with van der Waals surface area (Å²) in [6.07, 6.45) is 17.5. The number of carboxylic acid groups (broad SMARTS) is 2. The first-order valence-electron chi connectivity index (χ1n) is 37.2. The molecule has 32 nitrogen and oxygen atoms in total. The molecular formula is C79H85N21O11S3. The number of benzene rings is 3. The lowest BCUT2D eigenvalue weighted by Crippen LogP contribution is -2.43. The molecule has 590 valence electrons. The molecule has 114 heavy (non-hydrogen) atoms. The van der Waals surface area contributed by atoms with Gasteiger partial charge in [0.15, 0.2) is 32.9 Å². The second kappa shape index (κ2) is 35.0. The number of carboxylic acids is 2. The first kappa shape index (κ1) is 80.2. The van der Waals surface area contributed by atoms with Gasteiger partial charge in [-0.15, -0.1) is 0 Å². The van der Waals surface area contributed by atoms with Crippen molar-refractivity contribution in [1.29, 1.82) is 0 Å². The third kappa shape index (κ3) is 18.7. The molecule has 3 aromatic carbocycles. The summed E-state index contributed by atoms with van der Waals surface area (Å²) in [5.41, 5.74) is 9.58.